The third-order valence-electron chi connectivity index (χ3n) is 3.43. The topological polar surface area (TPSA) is 62.9 Å². The molecule has 0 saturated carbocycles. The largest absolute Gasteiger partial charge is 0.463 e. The van der Waals surface area contributed by atoms with Gasteiger partial charge in [0.15, 0.2) is 9.84 Å². The first-order valence-electron chi connectivity index (χ1n) is 6.76. The number of benzene rings is 1. The van der Waals surface area contributed by atoms with Crippen molar-refractivity contribution in [1.82, 2.24) is 0 Å². The first-order valence-corrected chi connectivity index (χ1v) is 8.58. The number of hydrogen-bond donors (Lipinski definition) is 0. The fraction of sp³-hybridized carbons (Fsp3) is 0.267. The first-order chi connectivity index (χ1) is 10.1. The molecular weight excluding hydrogens is 288 g/mol. The summed E-state index contributed by atoms with van der Waals surface area (Å²) in [7, 11) is -2.96. The van der Waals surface area contributed by atoms with Crippen LogP contribution < -0.4 is 5.01 Å². The predicted molar refractivity (Wildman–Crippen MR) is 82.3 cm³/mol. The van der Waals surface area contributed by atoms with Gasteiger partial charge in [-0.1, -0.05) is 18.2 Å². The van der Waals surface area contributed by atoms with Gasteiger partial charge in [0.05, 0.1) is 35.7 Å². The molecule has 2 aromatic rings. The molecule has 3 rings (SSSR count). The van der Waals surface area contributed by atoms with Crippen molar-refractivity contribution in [3.8, 4) is 0 Å². The van der Waals surface area contributed by atoms with Gasteiger partial charge in [0, 0.05) is 0 Å². The molecule has 21 heavy (non-hydrogen) atoms. The molecule has 0 amide bonds. The molecule has 6 heteroatoms. The van der Waals surface area contributed by atoms with Crippen molar-refractivity contribution < 1.29 is 12.8 Å². The van der Waals surface area contributed by atoms with E-state index in [-0.39, 0.29) is 17.5 Å². The Kier molecular flexibility index (Phi) is 3.79. The van der Waals surface area contributed by atoms with Crippen LogP contribution in [0.4, 0.5) is 5.69 Å². The maximum Gasteiger partial charge on any atom is 0.152 e. The SMILES string of the molecule is O=S1(=O)CCC(N(N=Cc2ccco2)c2ccccc2)C1. The lowest BCUT2D eigenvalue weighted by Gasteiger charge is -2.24. The number of para-hydroxylation sites is 1. The van der Waals surface area contributed by atoms with Gasteiger partial charge in [-0.05, 0) is 30.7 Å². The van der Waals surface area contributed by atoms with Gasteiger partial charge in [-0.15, -0.1) is 0 Å². The Morgan fingerprint density at radius 1 is 1.19 bits per heavy atom. The number of furan rings is 1. The van der Waals surface area contributed by atoms with E-state index >= 15 is 0 Å². The number of rotatable bonds is 4. The van der Waals surface area contributed by atoms with Crippen molar-refractivity contribution in [3.05, 3.63) is 54.5 Å². The van der Waals surface area contributed by atoms with Crippen LogP contribution in [-0.4, -0.2) is 32.2 Å². The Balaban J connectivity index is 1.88. The Bertz CT molecular complexity index is 709. The maximum atomic E-state index is 11.7. The summed E-state index contributed by atoms with van der Waals surface area (Å²) < 4.78 is 28.7. The van der Waals surface area contributed by atoms with Crippen molar-refractivity contribution >= 4 is 21.7 Å². The van der Waals surface area contributed by atoms with Crippen LogP contribution >= 0.6 is 0 Å². The van der Waals surface area contributed by atoms with Crippen LogP contribution in [0.2, 0.25) is 0 Å². The molecule has 1 fully saturated rings. The molecule has 110 valence electrons. The Hall–Kier alpha value is -2.08. The molecule has 1 aromatic carbocycles. The van der Waals surface area contributed by atoms with E-state index in [1.165, 1.54) is 0 Å². The van der Waals surface area contributed by atoms with E-state index in [1.807, 2.05) is 30.3 Å². The minimum Gasteiger partial charge on any atom is -0.463 e. The zero-order valence-corrected chi connectivity index (χ0v) is 12.2. The van der Waals surface area contributed by atoms with Crippen molar-refractivity contribution in [1.29, 1.82) is 0 Å². The quantitative estimate of drug-likeness (QED) is 0.642. The molecule has 5 nitrogen and oxygen atoms in total. The van der Waals surface area contributed by atoms with E-state index in [9.17, 15) is 8.42 Å². The lowest BCUT2D eigenvalue weighted by Crippen LogP contribution is -2.31. The van der Waals surface area contributed by atoms with Crippen LogP contribution in [-0.2, 0) is 9.84 Å². The van der Waals surface area contributed by atoms with Crippen molar-refractivity contribution in [2.45, 2.75) is 12.5 Å². The highest BCUT2D eigenvalue weighted by atomic mass is 32.2. The average molecular weight is 304 g/mol. The summed E-state index contributed by atoms with van der Waals surface area (Å²) in [4.78, 5) is 0. The predicted octanol–water partition coefficient (Wildman–Crippen LogP) is 2.31. The second kappa shape index (κ2) is 5.73. The fourth-order valence-corrected chi connectivity index (χ4v) is 4.10. The molecule has 0 aliphatic carbocycles. The normalized spacial score (nSPS) is 20.9. The highest BCUT2D eigenvalue weighted by Crippen LogP contribution is 2.24. The minimum atomic E-state index is -2.96. The van der Waals surface area contributed by atoms with Crippen LogP contribution in [0.15, 0.2) is 58.2 Å². The van der Waals surface area contributed by atoms with Gasteiger partial charge in [0.2, 0.25) is 0 Å². The minimum absolute atomic E-state index is 0.136. The average Bonchev–Trinajstić information content (AvgIpc) is 3.10. The molecule has 0 radical (unpaired) electrons. The first kappa shape index (κ1) is 13.9. The van der Waals surface area contributed by atoms with Gasteiger partial charge >= 0.3 is 0 Å². The second-order valence-corrected chi connectivity index (χ2v) is 7.23. The van der Waals surface area contributed by atoms with Crippen molar-refractivity contribution in [2.24, 2.45) is 5.10 Å². The molecule has 1 aromatic heterocycles. The Labute approximate surface area is 123 Å². The van der Waals surface area contributed by atoms with Crippen LogP contribution in [0.5, 0.6) is 0 Å². The summed E-state index contributed by atoms with van der Waals surface area (Å²) in [5.74, 6) is 0.992. The molecule has 1 atom stereocenters. The van der Waals surface area contributed by atoms with Gasteiger partial charge in [0.25, 0.3) is 0 Å². The molecule has 0 spiro atoms. The monoisotopic (exact) mass is 304 g/mol. The van der Waals surface area contributed by atoms with E-state index in [0.717, 1.165) is 5.69 Å². The molecule has 2 heterocycles. The van der Waals surface area contributed by atoms with Crippen LogP contribution in [0.25, 0.3) is 0 Å². The number of anilines is 1. The zero-order valence-electron chi connectivity index (χ0n) is 11.4. The maximum absolute atomic E-state index is 11.7. The number of hydrogen-bond acceptors (Lipinski definition) is 5. The smallest absolute Gasteiger partial charge is 0.152 e. The van der Waals surface area contributed by atoms with Crippen molar-refractivity contribution in [3.63, 3.8) is 0 Å². The van der Waals surface area contributed by atoms with E-state index < -0.39 is 9.84 Å². The van der Waals surface area contributed by atoms with E-state index in [0.29, 0.717) is 12.2 Å². The molecule has 1 aliphatic heterocycles. The molecule has 0 N–H and O–H groups in total. The summed E-state index contributed by atoms with van der Waals surface area (Å²) in [5.41, 5.74) is 0.877. The summed E-state index contributed by atoms with van der Waals surface area (Å²) in [6.45, 7) is 0. The molecular formula is C15H16N2O3S. The second-order valence-electron chi connectivity index (χ2n) is 5.00. The number of sulfone groups is 1. The lowest BCUT2D eigenvalue weighted by molar-refractivity contribution is 0.559. The van der Waals surface area contributed by atoms with Gasteiger partial charge in [-0.3, -0.25) is 5.01 Å². The van der Waals surface area contributed by atoms with E-state index in [2.05, 4.69) is 5.10 Å². The van der Waals surface area contributed by atoms with Crippen LogP contribution in [0.3, 0.4) is 0 Å². The Morgan fingerprint density at radius 2 is 2.00 bits per heavy atom. The van der Waals surface area contributed by atoms with Crippen LogP contribution in [0.1, 0.15) is 12.2 Å². The van der Waals surface area contributed by atoms with Gasteiger partial charge in [-0.25, -0.2) is 8.42 Å². The lowest BCUT2D eigenvalue weighted by atomic mass is 10.2. The zero-order chi connectivity index (χ0) is 14.7. The van der Waals surface area contributed by atoms with Crippen LogP contribution in [0, 0.1) is 0 Å². The summed E-state index contributed by atoms with van der Waals surface area (Å²) >= 11 is 0. The van der Waals surface area contributed by atoms with Gasteiger partial charge in [-0.2, -0.15) is 5.10 Å². The Morgan fingerprint density at radius 3 is 2.62 bits per heavy atom. The number of hydrazone groups is 1. The molecule has 0 bridgehead atoms. The molecule has 1 aliphatic rings. The van der Waals surface area contributed by atoms with E-state index in [1.54, 1.807) is 29.6 Å². The fourth-order valence-electron chi connectivity index (χ4n) is 2.40. The molecule has 1 unspecified atom stereocenters. The standard InChI is InChI=1S/C15H16N2O3S/c18-21(19)10-8-14(12-21)17(13-5-2-1-3-6-13)16-11-15-7-4-9-20-15/h1-7,9,11,14H,8,10,12H2. The van der Waals surface area contributed by atoms with Crippen molar-refractivity contribution in [2.75, 3.05) is 16.5 Å². The summed E-state index contributed by atoms with van der Waals surface area (Å²) in [6, 6.07) is 13.0. The van der Waals surface area contributed by atoms with E-state index in [4.69, 9.17) is 4.42 Å². The molecule has 1 saturated heterocycles. The van der Waals surface area contributed by atoms with Gasteiger partial charge in [0.1, 0.15) is 5.76 Å². The van der Waals surface area contributed by atoms with Gasteiger partial charge < -0.3 is 4.42 Å². The highest BCUT2D eigenvalue weighted by Gasteiger charge is 2.32. The third kappa shape index (κ3) is 3.33. The summed E-state index contributed by atoms with van der Waals surface area (Å²) in [5, 5.41) is 6.21. The third-order valence-corrected chi connectivity index (χ3v) is 5.18. The summed E-state index contributed by atoms with van der Waals surface area (Å²) in [6.07, 6.45) is 3.78. The highest BCUT2D eigenvalue weighted by molar-refractivity contribution is 7.91. The number of nitrogens with zero attached hydrogens (tertiary/aromatic N) is 2.